The van der Waals surface area contributed by atoms with Gasteiger partial charge in [-0.3, -0.25) is 4.79 Å². The van der Waals surface area contributed by atoms with Crippen molar-refractivity contribution in [2.75, 3.05) is 12.3 Å². The standard InChI is InChI=1S/C13H15FN2O2/c1-3-18-12(17)13(2,6-7-15)10-5-4-9(16)8-11(10)14/h4-5,8H,3,6,16H2,1-2H3. The Hall–Kier alpha value is -2.09. The van der Waals surface area contributed by atoms with Crippen molar-refractivity contribution >= 4 is 11.7 Å². The summed E-state index contributed by atoms with van der Waals surface area (Å²) in [6, 6.07) is 5.93. The molecule has 0 radical (unpaired) electrons. The maximum atomic E-state index is 13.9. The molecule has 0 spiro atoms. The van der Waals surface area contributed by atoms with Crippen molar-refractivity contribution in [1.82, 2.24) is 0 Å². The van der Waals surface area contributed by atoms with Gasteiger partial charge in [-0.2, -0.15) is 5.26 Å². The number of ether oxygens (including phenoxy) is 1. The molecule has 0 amide bonds. The van der Waals surface area contributed by atoms with Crippen LogP contribution < -0.4 is 5.73 Å². The average Bonchev–Trinajstić information content (AvgIpc) is 2.29. The van der Waals surface area contributed by atoms with E-state index >= 15 is 0 Å². The monoisotopic (exact) mass is 250 g/mol. The van der Waals surface area contributed by atoms with Crippen LogP contribution in [-0.2, 0) is 14.9 Å². The van der Waals surface area contributed by atoms with E-state index in [-0.39, 0.29) is 24.3 Å². The first-order valence-electron chi connectivity index (χ1n) is 5.55. The maximum absolute atomic E-state index is 13.9. The van der Waals surface area contributed by atoms with Gasteiger partial charge in [-0.25, -0.2) is 4.39 Å². The Kier molecular flexibility index (Phi) is 4.27. The van der Waals surface area contributed by atoms with Gasteiger partial charge in [-0.1, -0.05) is 6.07 Å². The molecule has 4 nitrogen and oxygen atoms in total. The van der Waals surface area contributed by atoms with Crippen LogP contribution in [-0.4, -0.2) is 12.6 Å². The van der Waals surface area contributed by atoms with Crippen molar-refractivity contribution in [2.24, 2.45) is 0 Å². The highest BCUT2D eigenvalue weighted by atomic mass is 19.1. The van der Waals surface area contributed by atoms with Crippen molar-refractivity contribution in [2.45, 2.75) is 25.7 Å². The lowest BCUT2D eigenvalue weighted by molar-refractivity contribution is -0.149. The number of benzene rings is 1. The van der Waals surface area contributed by atoms with Crippen LogP contribution in [0.15, 0.2) is 18.2 Å². The Balaban J connectivity index is 3.27. The van der Waals surface area contributed by atoms with Gasteiger partial charge in [0.05, 0.1) is 19.1 Å². The fourth-order valence-electron chi connectivity index (χ4n) is 1.70. The van der Waals surface area contributed by atoms with Crippen LogP contribution in [0.3, 0.4) is 0 Å². The molecule has 0 bridgehead atoms. The van der Waals surface area contributed by atoms with E-state index in [9.17, 15) is 9.18 Å². The topological polar surface area (TPSA) is 76.1 Å². The largest absolute Gasteiger partial charge is 0.465 e. The van der Waals surface area contributed by atoms with Gasteiger partial charge in [0.15, 0.2) is 0 Å². The summed E-state index contributed by atoms with van der Waals surface area (Å²) in [5.41, 5.74) is 4.53. The molecule has 96 valence electrons. The van der Waals surface area contributed by atoms with E-state index in [0.29, 0.717) is 0 Å². The second-order valence-corrected chi connectivity index (χ2v) is 4.13. The van der Waals surface area contributed by atoms with Crippen LogP contribution in [0.2, 0.25) is 0 Å². The number of nitrogens with zero attached hydrogens (tertiary/aromatic N) is 1. The second kappa shape index (κ2) is 5.50. The maximum Gasteiger partial charge on any atom is 0.317 e. The van der Waals surface area contributed by atoms with Gasteiger partial charge >= 0.3 is 5.97 Å². The molecule has 1 aromatic rings. The predicted molar refractivity (Wildman–Crippen MR) is 65.0 cm³/mol. The van der Waals surface area contributed by atoms with E-state index in [1.54, 1.807) is 6.92 Å². The fourth-order valence-corrected chi connectivity index (χ4v) is 1.70. The number of rotatable bonds is 4. The van der Waals surface area contributed by atoms with E-state index in [0.717, 1.165) is 6.07 Å². The lowest BCUT2D eigenvalue weighted by atomic mass is 9.79. The van der Waals surface area contributed by atoms with Crippen molar-refractivity contribution in [3.8, 4) is 6.07 Å². The zero-order valence-corrected chi connectivity index (χ0v) is 10.4. The molecule has 1 atom stereocenters. The van der Waals surface area contributed by atoms with Crippen LogP contribution in [0, 0.1) is 17.1 Å². The Morgan fingerprint density at radius 3 is 2.78 bits per heavy atom. The molecule has 0 saturated carbocycles. The van der Waals surface area contributed by atoms with E-state index in [4.69, 9.17) is 15.7 Å². The summed E-state index contributed by atoms with van der Waals surface area (Å²) >= 11 is 0. The van der Waals surface area contributed by atoms with Crippen molar-refractivity contribution in [1.29, 1.82) is 5.26 Å². The molecule has 0 aliphatic rings. The zero-order chi connectivity index (χ0) is 13.8. The number of halogens is 1. The third-order valence-electron chi connectivity index (χ3n) is 2.75. The van der Waals surface area contributed by atoms with Crippen molar-refractivity contribution in [3.05, 3.63) is 29.6 Å². The first-order chi connectivity index (χ1) is 8.45. The van der Waals surface area contributed by atoms with Gasteiger partial charge in [0.25, 0.3) is 0 Å². The molecule has 0 aromatic heterocycles. The Morgan fingerprint density at radius 2 is 2.28 bits per heavy atom. The number of carbonyl (C=O) groups is 1. The zero-order valence-electron chi connectivity index (χ0n) is 10.4. The Labute approximate surface area is 105 Å². The SMILES string of the molecule is CCOC(=O)C(C)(CC#N)c1ccc(N)cc1F. The van der Waals surface area contributed by atoms with Crippen LogP contribution in [0.5, 0.6) is 0 Å². The van der Waals surface area contributed by atoms with Gasteiger partial charge in [0.2, 0.25) is 0 Å². The lowest BCUT2D eigenvalue weighted by Crippen LogP contribution is -2.35. The van der Waals surface area contributed by atoms with E-state index in [1.807, 2.05) is 6.07 Å². The van der Waals surface area contributed by atoms with Crippen LogP contribution in [0.4, 0.5) is 10.1 Å². The molecule has 2 N–H and O–H groups in total. The van der Waals surface area contributed by atoms with Crippen LogP contribution in [0.25, 0.3) is 0 Å². The molecule has 18 heavy (non-hydrogen) atoms. The Bertz CT molecular complexity index is 496. The highest BCUT2D eigenvalue weighted by Crippen LogP contribution is 2.32. The molecular weight excluding hydrogens is 235 g/mol. The third-order valence-corrected chi connectivity index (χ3v) is 2.75. The molecule has 1 unspecified atom stereocenters. The van der Waals surface area contributed by atoms with E-state index in [2.05, 4.69) is 0 Å². The van der Waals surface area contributed by atoms with Crippen LogP contribution >= 0.6 is 0 Å². The fraction of sp³-hybridized carbons (Fsp3) is 0.385. The minimum atomic E-state index is -1.32. The number of hydrogen-bond donors (Lipinski definition) is 1. The minimum Gasteiger partial charge on any atom is -0.465 e. The molecule has 1 aromatic carbocycles. The first-order valence-corrected chi connectivity index (χ1v) is 5.55. The number of carbonyl (C=O) groups excluding carboxylic acids is 1. The summed E-state index contributed by atoms with van der Waals surface area (Å²) < 4.78 is 18.8. The van der Waals surface area contributed by atoms with Gasteiger partial charge in [-0.15, -0.1) is 0 Å². The first kappa shape index (κ1) is 14.0. The van der Waals surface area contributed by atoms with Crippen molar-refractivity contribution in [3.63, 3.8) is 0 Å². The van der Waals surface area contributed by atoms with Gasteiger partial charge in [0.1, 0.15) is 11.2 Å². The molecule has 1 rings (SSSR count). The van der Waals surface area contributed by atoms with Gasteiger partial charge in [0, 0.05) is 11.3 Å². The summed E-state index contributed by atoms with van der Waals surface area (Å²) in [6.07, 6.45) is -0.160. The van der Waals surface area contributed by atoms with Gasteiger partial charge < -0.3 is 10.5 Å². The summed E-state index contributed by atoms with van der Waals surface area (Å²) in [5, 5.41) is 8.82. The number of nitrogen functional groups attached to an aromatic ring is 1. The predicted octanol–water partition coefficient (Wildman–Crippen LogP) is 2.14. The average molecular weight is 250 g/mol. The highest BCUT2D eigenvalue weighted by molar-refractivity contribution is 5.83. The number of nitriles is 1. The summed E-state index contributed by atoms with van der Waals surface area (Å²) in [5.74, 6) is -1.23. The summed E-state index contributed by atoms with van der Waals surface area (Å²) in [7, 11) is 0. The highest BCUT2D eigenvalue weighted by Gasteiger charge is 2.39. The molecule has 0 aliphatic carbocycles. The lowest BCUT2D eigenvalue weighted by Gasteiger charge is -2.25. The summed E-state index contributed by atoms with van der Waals surface area (Å²) in [6.45, 7) is 3.32. The second-order valence-electron chi connectivity index (χ2n) is 4.13. The Morgan fingerprint density at radius 1 is 1.61 bits per heavy atom. The number of hydrogen-bond acceptors (Lipinski definition) is 4. The summed E-state index contributed by atoms with van der Waals surface area (Å²) in [4.78, 5) is 11.9. The molecule has 0 saturated heterocycles. The van der Waals surface area contributed by atoms with E-state index in [1.165, 1.54) is 19.1 Å². The van der Waals surface area contributed by atoms with Crippen molar-refractivity contribution < 1.29 is 13.9 Å². The van der Waals surface area contributed by atoms with E-state index < -0.39 is 17.2 Å². The number of nitrogens with two attached hydrogens (primary N) is 1. The molecule has 0 aliphatic heterocycles. The smallest absolute Gasteiger partial charge is 0.317 e. The quantitative estimate of drug-likeness (QED) is 0.656. The molecular formula is C13H15FN2O2. The molecule has 0 fully saturated rings. The number of anilines is 1. The molecule has 5 heteroatoms. The normalized spacial score (nSPS) is 13.4. The minimum absolute atomic E-state index is 0.122. The van der Waals surface area contributed by atoms with Crippen LogP contribution in [0.1, 0.15) is 25.8 Å². The third kappa shape index (κ3) is 2.59. The molecule has 0 heterocycles. The van der Waals surface area contributed by atoms with Gasteiger partial charge in [-0.05, 0) is 26.0 Å². The number of esters is 1.